The number of methoxy groups -OCH3 is 1. The van der Waals surface area contributed by atoms with E-state index in [1.54, 1.807) is 0 Å². The molecule has 4 nitrogen and oxygen atoms in total. The monoisotopic (exact) mass is 252 g/mol. The van der Waals surface area contributed by atoms with Crippen molar-refractivity contribution in [2.75, 3.05) is 19.0 Å². The Hall–Kier alpha value is -1.62. The van der Waals surface area contributed by atoms with Crippen LogP contribution in [0.2, 0.25) is 0 Å². The predicted octanol–water partition coefficient (Wildman–Crippen LogP) is 1.90. The number of carbonyl (C=O) groups excluding carboxylic acids is 1. The highest BCUT2D eigenvalue weighted by atomic mass is 19.1. The van der Waals surface area contributed by atoms with E-state index in [0.29, 0.717) is 18.0 Å². The van der Waals surface area contributed by atoms with Gasteiger partial charge in [-0.25, -0.2) is 4.39 Å². The topological polar surface area (TPSA) is 64.3 Å². The molecule has 1 aliphatic carbocycles. The molecule has 0 radical (unpaired) electrons. The maximum Gasteiger partial charge on any atom is 0.231 e. The minimum atomic E-state index is -0.489. The van der Waals surface area contributed by atoms with Gasteiger partial charge in [0.05, 0.1) is 18.2 Å². The molecule has 0 heterocycles. The lowest BCUT2D eigenvalue weighted by atomic mass is 9.68. The Bertz CT molecular complexity index is 453. The zero-order valence-corrected chi connectivity index (χ0v) is 10.3. The zero-order chi connectivity index (χ0) is 13.2. The Kier molecular flexibility index (Phi) is 3.52. The Morgan fingerprint density at radius 3 is 2.78 bits per heavy atom. The van der Waals surface area contributed by atoms with Crippen LogP contribution in [0.4, 0.5) is 10.1 Å². The van der Waals surface area contributed by atoms with Crippen molar-refractivity contribution in [2.24, 2.45) is 11.1 Å². The second-order valence-corrected chi connectivity index (χ2v) is 4.64. The van der Waals surface area contributed by atoms with Crippen LogP contribution in [0.1, 0.15) is 19.3 Å². The van der Waals surface area contributed by atoms with Crippen LogP contribution in [-0.2, 0) is 4.79 Å². The van der Waals surface area contributed by atoms with Crippen LogP contribution in [0.25, 0.3) is 0 Å². The molecule has 3 N–H and O–H groups in total. The molecule has 0 saturated heterocycles. The number of benzene rings is 1. The molecule has 1 saturated carbocycles. The van der Waals surface area contributed by atoms with Crippen molar-refractivity contribution in [1.29, 1.82) is 0 Å². The average molecular weight is 252 g/mol. The smallest absolute Gasteiger partial charge is 0.231 e. The van der Waals surface area contributed by atoms with E-state index in [2.05, 4.69) is 5.32 Å². The number of rotatable bonds is 4. The quantitative estimate of drug-likeness (QED) is 0.860. The lowest BCUT2D eigenvalue weighted by Crippen LogP contribution is -2.47. The molecule has 1 fully saturated rings. The SMILES string of the molecule is COc1ccc(F)cc1NC(=O)C1(CN)CCC1. The first-order valence-electron chi connectivity index (χ1n) is 5.96. The minimum Gasteiger partial charge on any atom is -0.495 e. The number of nitrogens with two attached hydrogens (primary N) is 1. The standard InChI is InChI=1S/C13H17FN2O2/c1-18-11-4-3-9(14)7-10(11)16-12(17)13(8-15)5-2-6-13/h3-4,7H,2,5-6,8,15H2,1H3,(H,16,17). The number of anilines is 1. The van der Waals surface area contributed by atoms with Crippen molar-refractivity contribution >= 4 is 11.6 Å². The zero-order valence-electron chi connectivity index (χ0n) is 10.3. The first-order chi connectivity index (χ1) is 8.61. The second-order valence-electron chi connectivity index (χ2n) is 4.64. The van der Waals surface area contributed by atoms with E-state index < -0.39 is 11.2 Å². The number of amides is 1. The molecule has 0 atom stereocenters. The van der Waals surface area contributed by atoms with Crippen LogP contribution in [0, 0.1) is 11.2 Å². The Labute approximate surface area is 105 Å². The number of hydrogen-bond donors (Lipinski definition) is 2. The molecule has 0 spiro atoms. The van der Waals surface area contributed by atoms with E-state index in [9.17, 15) is 9.18 Å². The predicted molar refractivity (Wildman–Crippen MR) is 66.9 cm³/mol. The van der Waals surface area contributed by atoms with Crippen molar-refractivity contribution in [3.8, 4) is 5.75 Å². The number of carbonyl (C=O) groups is 1. The van der Waals surface area contributed by atoms with Gasteiger partial charge in [0, 0.05) is 12.6 Å². The molecule has 0 aromatic heterocycles. The van der Waals surface area contributed by atoms with Crippen LogP contribution in [0.5, 0.6) is 5.75 Å². The largest absolute Gasteiger partial charge is 0.495 e. The molecule has 98 valence electrons. The minimum absolute atomic E-state index is 0.153. The summed E-state index contributed by atoms with van der Waals surface area (Å²) in [5.74, 6) is -0.127. The number of halogens is 1. The molecule has 1 aromatic rings. The summed E-state index contributed by atoms with van der Waals surface area (Å²) in [7, 11) is 1.48. The molecule has 1 amide bonds. The highest BCUT2D eigenvalue weighted by Crippen LogP contribution is 2.41. The van der Waals surface area contributed by atoms with Crippen LogP contribution in [0.3, 0.4) is 0 Å². The molecule has 1 aromatic carbocycles. The summed E-state index contributed by atoms with van der Waals surface area (Å²) in [6.45, 7) is 0.316. The van der Waals surface area contributed by atoms with Crippen molar-refractivity contribution in [3.63, 3.8) is 0 Å². The summed E-state index contributed by atoms with van der Waals surface area (Å²) >= 11 is 0. The van der Waals surface area contributed by atoms with Gasteiger partial charge in [-0.1, -0.05) is 6.42 Å². The molecule has 0 unspecified atom stereocenters. The highest BCUT2D eigenvalue weighted by Gasteiger charge is 2.43. The number of nitrogens with one attached hydrogen (secondary N) is 1. The number of hydrogen-bond acceptors (Lipinski definition) is 3. The van der Waals surface area contributed by atoms with Crippen LogP contribution >= 0.6 is 0 Å². The summed E-state index contributed by atoms with van der Waals surface area (Å²) in [5.41, 5.74) is 5.52. The molecular formula is C13H17FN2O2. The van der Waals surface area contributed by atoms with Crippen LogP contribution < -0.4 is 15.8 Å². The molecule has 1 aliphatic rings. The summed E-state index contributed by atoms with van der Waals surface area (Å²) in [4.78, 5) is 12.2. The third-order valence-electron chi connectivity index (χ3n) is 3.59. The van der Waals surface area contributed by atoms with Gasteiger partial charge in [-0.15, -0.1) is 0 Å². The van der Waals surface area contributed by atoms with Crippen molar-refractivity contribution in [3.05, 3.63) is 24.0 Å². The third-order valence-corrected chi connectivity index (χ3v) is 3.59. The van der Waals surface area contributed by atoms with Gasteiger partial charge in [-0.3, -0.25) is 4.79 Å². The summed E-state index contributed by atoms with van der Waals surface area (Å²) in [5, 5.41) is 2.71. The van der Waals surface area contributed by atoms with E-state index in [-0.39, 0.29) is 5.91 Å². The van der Waals surface area contributed by atoms with Gasteiger partial charge in [-0.05, 0) is 25.0 Å². The van der Waals surface area contributed by atoms with Gasteiger partial charge in [0.15, 0.2) is 0 Å². The van der Waals surface area contributed by atoms with Gasteiger partial charge < -0.3 is 15.8 Å². The third kappa shape index (κ3) is 2.18. The molecular weight excluding hydrogens is 235 g/mol. The summed E-state index contributed by atoms with van der Waals surface area (Å²) in [6.07, 6.45) is 2.57. The Morgan fingerprint density at radius 2 is 2.28 bits per heavy atom. The molecule has 0 bridgehead atoms. The second kappa shape index (κ2) is 4.94. The van der Waals surface area contributed by atoms with E-state index in [0.717, 1.165) is 19.3 Å². The molecule has 0 aliphatic heterocycles. The van der Waals surface area contributed by atoms with Crippen molar-refractivity contribution in [1.82, 2.24) is 0 Å². The van der Waals surface area contributed by atoms with Crippen LogP contribution in [0.15, 0.2) is 18.2 Å². The average Bonchev–Trinajstić information content (AvgIpc) is 2.28. The molecule has 5 heteroatoms. The Balaban J connectivity index is 2.18. The van der Waals surface area contributed by atoms with Gasteiger partial charge in [0.2, 0.25) is 5.91 Å². The lowest BCUT2D eigenvalue weighted by Gasteiger charge is -2.39. The fourth-order valence-corrected chi connectivity index (χ4v) is 2.16. The van der Waals surface area contributed by atoms with Crippen LogP contribution in [-0.4, -0.2) is 19.6 Å². The fraction of sp³-hybridized carbons (Fsp3) is 0.462. The van der Waals surface area contributed by atoms with Crippen molar-refractivity contribution in [2.45, 2.75) is 19.3 Å². The Morgan fingerprint density at radius 1 is 1.56 bits per heavy atom. The molecule has 18 heavy (non-hydrogen) atoms. The van der Waals surface area contributed by atoms with E-state index in [4.69, 9.17) is 10.5 Å². The van der Waals surface area contributed by atoms with E-state index in [1.165, 1.54) is 25.3 Å². The van der Waals surface area contributed by atoms with Crippen molar-refractivity contribution < 1.29 is 13.9 Å². The van der Waals surface area contributed by atoms with Gasteiger partial charge in [-0.2, -0.15) is 0 Å². The summed E-state index contributed by atoms with van der Waals surface area (Å²) in [6, 6.07) is 4.02. The normalized spacial score (nSPS) is 16.8. The maximum atomic E-state index is 13.2. The first-order valence-corrected chi connectivity index (χ1v) is 5.96. The molecule has 2 rings (SSSR count). The summed E-state index contributed by atoms with van der Waals surface area (Å²) < 4.78 is 18.3. The van der Waals surface area contributed by atoms with E-state index >= 15 is 0 Å². The van der Waals surface area contributed by atoms with E-state index in [1.807, 2.05) is 0 Å². The van der Waals surface area contributed by atoms with Gasteiger partial charge in [0.25, 0.3) is 0 Å². The lowest BCUT2D eigenvalue weighted by molar-refractivity contribution is -0.129. The first kappa shape index (κ1) is 12.8. The van der Waals surface area contributed by atoms with Gasteiger partial charge in [0.1, 0.15) is 11.6 Å². The highest BCUT2D eigenvalue weighted by molar-refractivity contribution is 5.97. The fourth-order valence-electron chi connectivity index (χ4n) is 2.16. The van der Waals surface area contributed by atoms with Gasteiger partial charge >= 0.3 is 0 Å². The number of ether oxygens (including phenoxy) is 1. The maximum absolute atomic E-state index is 13.2.